The van der Waals surface area contributed by atoms with Crippen molar-refractivity contribution in [3.63, 3.8) is 0 Å². The van der Waals surface area contributed by atoms with E-state index in [4.69, 9.17) is 4.74 Å². The number of nitrogens with zero attached hydrogens (tertiary/aromatic N) is 1. The Bertz CT molecular complexity index is 582. The molecule has 1 saturated heterocycles. The SMILES string of the molecule is CC1CC2=CCC(CNC(=O)OC3=CC4C(CC3)CCN4C)(C2)C1. The van der Waals surface area contributed by atoms with Crippen molar-refractivity contribution in [2.75, 3.05) is 20.1 Å². The van der Waals surface area contributed by atoms with Crippen molar-refractivity contribution in [1.29, 1.82) is 0 Å². The quantitative estimate of drug-likeness (QED) is 0.799. The molecule has 0 aromatic carbocycles. The number of amides is 1. The van der Waals surface area contributed by atoms with Crippen molar-refractivity contribution >= 4 is 6.09 Å². The van der Waals surface area contributed by atoms with E-state index in [1.54, 1.807) is 5.57 Å². The Balaban J connectivity index is 1.31. The van der Waals surface area contributed by atoms with Crippen LogP contribution in [0, 0.1) is 17.3 Å². The maximum absolute atomic E-state index is 12.3. The van der Waals surface area contributed by atoms with Gasteiger partial charge in [-0.05, 0) is 75.4 Å². The highest BCUT2D eigenvalue weighted by atomic mass is 16.6. The van der Waals surface area contributed by atoms with Gasteiger partial charge < -0.3 is 10.1 Å². The molecule has 0 spiro atoms. The fourth-order valence-corrected chi connectivity index (χ4v) is 5.49. The molecule has 2 fully saturated rings. The number of ether oxygens (including phenoxy) is 1. The van der Waals surface area contributed by atoms with Gasteiger partial charge >= 0.3 is 6.09 Å². The van der Waals surface area contributed by atoms with E-state index in [0.717, 1.165) is 56.4 Å². The number of hydrogen-bond acceptors (Lipinski definition) is 3. The lowest BCUT2D eigenvalue weighted by Gasteiger charge is -2.36. The van der Waals surface area contributed by atoms with Crippen LogP contribution in [0.1, 0.15) is 51.9 Å². The molecule has 3 aliphatic carbocycles. The Kier molecular flexibility index (Phi) is 4.19. The lowest BCUT2D eigenvalue weighted by Crippen LogP contribution is -2.39. The summed E-state index contributed by atoms with van der Waals surface area (Å²) in [7, 11) is 2.16. The van der Waals surface area contributed by atoms with Gasteiger partial charge in [0.2, 0.25) is 0 Å². The lowest BCUT2D eigenvalue weighted by molar-refractivity contribution is 0.148. The summed E-state index contributed by atoms with van der Waals surface area (Å²) in [6, 6.07) is 0.459. The number of fused-ring (bicyclic) bond motifs is 3. The predicted molar refractivity (Wildman–Crippen MR) is 94.5 cm³/mol. The molecular formula is C20H30N2O2. The first kappa shape index (κ1) is 16.2. The van der Waals surface area contributed by atoms with Crippen LogP contribution in [0.4, 0.5) is 4.79 Å². The molecule has 0 aromatic heterocycles. The van der Waals surface area contributed by atoms with Crippen LogP contribution < -0.4 is 5.32 Å². The smallest absolute Gasteiger partial charge is 0.412 e. The number of allylic oxidation sites excluding steroid dienone is 3. The van der Waals surface area contributed by atoms with Crippen LogP contribution in [0.15, 0.2) is 23.5 Å². The van der Waals surface area contributed by atoms with Crippen molar-refractivity contribution in [3.05, 3.63) is 23.5 Å². The van der Waals surface area contributed by atoms with E-state index in [1.807, 2.05) is 0 Å². The number of likely N-dealkylation sites (N-methyl/N-ethyl adjacent to an activating group) is 1. The minimum absolute atomic E-state index is 0.254. The van der Waals surface area contributed by atoms with Crippen LogP contribution in [0.3, 0.4) is 0 Å². The molecule has 4 nitrogen and oxygen atoms in total. The summed E-state index contributed by atoms with van der Waals surface area (Å²) in [4.78, 5) is 14.7. The number of hydrogen-bond donors (Lipinski definition) is 1. The van der Waals surface area contributed by atoms with E-state index >= 15 is 0 Å². The van der Waals surface area contributed by atoms with Gasteiger partial charge in [0.1, 0.15) is 5.76 Å². The number of likely N-dealkylation sites (tertiary alicyclic amines) is 1. The third-order valence-electron chi connectivity index (χ3n) is 6.61. The average molecular weight is 330 g/mol. The summed E-state index contributed by atoms with van der Waals surface area (Å²) in [5.74, 6) is 2.35. The second kappa shape index (κ2) is 6.21. The van der Waals surface area contributed by atoms with Crippen LogP contribution in [-0.2, 0) is 4.74 Å². The fraction of sp³-hybridized carbons (Fsp3) is 0.750. The maximum atomic E-state index is 12.3. The molecule has 4 atom stereocenters. The zero-order valence-corrected chi connectivity index (χ0v) is 15.0. The third kappa shape index (κ3) is 3.13. The largest absolute Gasteiger partial charge is 0.415 e. The molecule has 132 valence electrons. The number of carbonyl (C=O) groups excluding carboxylic acids is 1. The van der Waals surface area contributed by atoms with Gasteiger partial charge in [0.25, 0.3) is 0 Å². The van der Waals surface area contributed by atoms with Crippen molar-refractivity contribution in [2.45, 2.75) is 57.9 Å². The molecule has 1 heterocycles. The van der Waals surface area contributed by atoms with Crippen molar-refractivity contribution < 1.29 is 9.53 Å². The summed E-state index contributed by atoms with van der Waals surface area (Å²) in [5.41, 5.74) is 1.85. The molecule has 4 aliphatic rings. The van der Waals surface area contributed by atoms with Crippen LogP contribution in [-0.4, -0.2) is 37.2 Å². The molecule has 1 aliphatic heterocycles. The van der Waals surface area contributed by atoms with Crippen LogP contribution in [0.5, 0.6) is 0 Å². The summed E-state index contributed by atoms with van der Waals surface area (Å²) < 4.78 is 5.64. The molecule has 1 saturated carbocycles. The minimum atomic E-state index is -0.263. The van der Waals surface area contributed by atoms with E-state index in [2.05, 4.69) is 36.3 Å². The maximum Gasteiger partial charge on any atom is 0.412 e. The second-order valence-electron chi connectivity index (χ2n) is 8.69. The molecular weight excluding hydrogens is 300 g/mol. The highest BCUT2D eigenvalue weighted by molar-refractivity contribution is 5.68. The predicted octanol–water partition coefficient (Wildman–Crippen LogP) is 3.85. The third-order valence-corrected chi connectivity index (χ3v) is 6.61. The number of rotatable bonds is 3. The number of carbonyl (C=O) groups is 1. The standard InChI is InChI=1S/C20H30N2O2/c1-14-9-15-5-7-20(11-14,12-15)13-21-19(23)24-17-4-3-16-6-8-22(2)18(16)10-17/h5,10,14,16,18H,3-4,6-9,11-13H2,1-2H3,(H,21,23). The fourth-order valence-electron chi connectivity index (χ4n) is 5.49. The zero-order valence-electron chi connectivity index (χ0n) is 15.0. The van der Waals surface area contributed by atoms with Crippen LogP contribution >= 0.6 is 0 Å². The van der Waals surface area contributed by atoms with Gasteiger partial charge in [-0.1, -0.05) is 18.6 Å². The Morgan fingerprint density at radius 3 is 3.21 bits per heavy atom. The van der Waals surface area contributed by atoms with Crippen molar-refractivity contribution in [2.24, 2.45) is 17.3 Å². The Morgan fingerprint density at radius 1 is 1.46 bits per heavy atom. The van der Waals surface area contributed by atoms with Gasteiger partial charge in [0, 0.05) is 19.0 Å². The van der Waals surface area contributed by atoms with Crippen molar-refractivity contribution in [1.82, 2.24) is 10.2 Å². The van der Waals surface area contributed by atoms with Gasteiger partial charge in [-0.25, -0.2) is 4.79 Å². The first-order valence-electron chi connectivity index (χ1n) is 9.58. The van der Waals surface area contributed by atoms with E-state index < -0.39 is 0 Å². The minimum Gasteiger partial charge on any atom is -0.415 e. The van der Waals surface area contributed by atoms with Crippen molar-refractivity contribution in [3.8, 4) is 0 Å². The highest BCUT2D eigenvalue weighted by Gasteiger charge is 2.40. The van der Waals surface area contributed by atoms with Gasteiger partial charge in [-0.2, -0.15) is 0 Å². The number of nitrogens with one attached hydrogen (secondary N) is 1. The Hall–Kier alpha value is -1.29. The summed E-state index contributed by atoms with van der Waals surface area (Å²) >= 11 is 0. The molecule has 1 N–H and O–H groups in total. The first-order valence-corrected chi connectivity index (χ1v) is 9.58. The molecule has 0 aromatic rings. The molecule has 4 rings (SSSR count). The molecule has 4 unspecified atom stereocenters. The van der Waals surface area contributed by atoms with E-state index in [0.29, 0.717) is 6.04 Å². The second-order valence-corrected chi connectivity index (χ2v) is 8.69. The summed E-state index contributed by atoms with van der Waals surface area (Å²) in [6.07, 6.45) is 12.4. The first-order chi connectivity index (χ1) is 11.5. The van der Waals surface area contributed by atoms with E-state index in [1.165, 1.54) is 19.3 Å². The molecule has 4 heteroatoms. The monoisotopic (exact) mass is 330 g/mol. The average Bonchev–Trinajstić information content (AvgIpc) is 3.06. The Labute approximate surface area is 145 Å². The van der Waals surface area contributed by atoms with Gasteiger partial charge in [-0.15, -0.1) is 0 Å². The van der Waals surface area contributed by atoms with Gasteiger partial charge in [-0.3, -0.25) is 4.90 Å². The molecule has 2 bridgehead atoms. The zero-order chi connectivity index (χ0) is 16.7. The van der Waals surface area contributed by atoms with Gasteiger partial charge in [0.05, 0.1) is 0 Å². The topological polar surface area (TPSA) is 41.6 Å². The highest BCUT2D eigenvalue weighted by Crippen LogP contribution is 2.49. The van der Waals surface area contributed by atoms with E-state index in [-0.39, 0.29) is 11.5 Å². The van der Waals surface area contributed by atoms with Crippen LogP contribution in [0.2, 0.25) is 0 Å². The normalized spacial score (nSPS) is 38.3. The molecule has 1 amide bonds. The van der Waals surface area contributed by atoms with Crippen LogP contribution in [0.25, 0.3) is 0 Å². The summed E-state index contributed by atoms with van der Waals surface area (Å²) in [6.45, 7) is 4.23. The molecule has 24 heavy (non-hydrogen) atoms. The Morgan fingerprint density at radius 2 is 2.33 bits per heavy atom. The lowest BCUT2D eigenvalue weighted by atomic mass is 9.71. The summed E-state index contributed by atoms with van der Waals surface area (Å²) in [5, 5.41) is 3.06. The van der Waals surface area contributed by atoms with E-state index in [9.17, 15) is 4.79 Å². The number of alkyl carbamates (subject to hydrolysis) is 1. The molecule has 0 radical (unpaired) electrons. The van der Waals surface area contributed by atoms with Gasteiger partial charge in [0.15, 0.2) is 0 Å².